The third-order valence-electron chi connectivity index (χ3n) is 1.65. The van der Waals surface area contributed by atoms with Crippen molar-refractivity contribution >= 4 is 0 Å². The van der Waals surface area contributed by atoms with E-state index < -0.39 is 0 Å². The second-order valence-electron chi connectivity index (χ2n) is 2.36. The van der Waals surface area contributed by atoms with Crippen molar-refractivity contribution < 1.29 is 4.74 Å². The maximum Gasteiger partial charge on any atom is 0.0795 e. The van der Waals surface area contributed by atoms with E-state index in [1.807, 2.05) is 0 Å². The predicted octanol–water partition coefficient (Wildman–Crippen LogP) is 0.680. The molecule has 0 spiro atoms. The molecule has 0 saturated carbocycles. The van der Waals surface area contributed by atoms with E-state index in [-0.39, 0.29) is 6.10 Å². The molecule has 1 atom stereocenters. The second-order valence-corrected chi connectivity index (χ2v) is 2.36. The number of rotatable bonds is 2. The fourth-order valence-corrected chi connectivity index (χ4v) is 1.03. The maximum absolute atomic E-state index is 5.37. The summed E-state index contributed by atoms with van der Waals surface area (Å²) in [6, 6.07) is 0. The van der Waals surface area contributed by atoms with Crippen LogP contribution >= 0.6 is 0 Å². The van der Waals surface area contributed by atoms with Crippen molar-refractivity contribution in [2.24, 2.45) is 5.73 Å². The second kappa shape index (κ2) is 2.99. The summed E-state index contributed by atoms with van der Waals surface area (Å²) in [5.74, 6) is 0. The van der Waals surface area contributed by atoms with Gasteiger partial charge in [-0.2, -0.15) is 0 Å². The Hall–Kier alpha value is -0.340. The highest BCUT2D eigenvalue weighted by molar-refractivity contribution is 5.04. The van der Waals surface area contributed by atoms with Crippen molar-refractivity contribution in [2.45, 2.75) is 18.9 Å². The lowest BCUT2D eigenvalue weighted by Crippen LogP contribution is -2.15. The molecule has 1 saturated heterocycles. The van der Waals surface area contributed by atoms with Gasteiger partial charge in [-0.25, -0.2) is 0 Å². The summed E-state index contributed by atoms with van der Waals surface area (Å²) in [6.07, 6.45) is 2.52. The van der Waals surface area contributed by atoms with Crippen LogP contribution in [0.4, 0.5) is 0 Å². The summed E-state index contributed by atoms with van der Waals surface area (Å²) in [5, 5.41) is 0. The molecule has 2 heteroatoms. The molecule has 9 heavy (non-hydrogen) atoms. The van der Waals surface area contributed by atoms with Crippen LogP contribution in [0.3, 0.4) is 0 Å². The van der Waals surface area contributed by atoms with Gasteiger partial charge in [0, 0.05) is 13.2 Å². The van der Waals surface area contributed by atoms with E-state index in [9.17, 15) is 0 Å². The Morgan fingerprint density at radius 3 is 3.00 bits per heavy atom. The van der Waals surface area contributed by atoms with E-state index in [4.69, 9.17) is 10.5 Å². The zero-order valence-corrected chi connectivity index (χ0v) is 5.60. The Morgan fingerprint density at radius 2 is 2.56 bits per heavy atom. The van der Waals surface area contributed by atoms with Crippen molar-refractivity contribution in [1.82, 2.24) is 0 Å². The Morgan fingerprint density at radius 1 is 1.78 bits per heavy atom. The van der Waals surface area contributed by atoms with Gasteiger partial charge in [0.05, 0.1) is 6.10 Å². The SMILES string of the molecule is C=C(CN)C1CCCO1. The molecular formula is C7H13NO. The molecular weight excluding hydrogens is 114 g/mol. The lowest BCUT2D eigenvalue weighted by Gasteiger charge is -2.09. The first kappa shape index (κ1) is 6.78. The van der Waals surface area contributed by atoms with E-state index in [0.29, 0.717) is 6.54 Å². The standard InChI is InChI=1S/C7H13NO/c1-6(5-8)7-3-2-4-9-7/h7H,1-5,8H2. The van der Waals surface area contributed by atoms with Crippen LogP contribution in [0.2, 0.25) is 0 Å². The monoisotopic (exact) mass is 127 g/mol. The number of hydrogen-bond donors (Lipinski definition) is 1. The summed E-state index contributed by atoms with van der Waals surface area (Å²) < 4.78 is 5.33. The van der Waals surface area contributed by atoms with Crippen LogP contribution in [0.15, 0.2) is 12.2 Å². The van der Waals surface area contributed by atoms with Gasteiger partial charge < -0.3 is 10.5 Å². The molecule has 1 rings (SSSR count). The summed E-state index contributed by atoms with van der Waals surface area (Å²) in [7, 11) is 0. The average molecular weight is 127 g/mol. The molecule has 0 aromatic heterocycles. The maximum atomic E-state index is 5.37. The molecule has 1 heterocycles. The first-order chi connectivity index (χ1) is 4.34. The molecule has 1 unspecified atom stereocenters. The van der Waals surface area contributed by atoms with Crippen LogP contribution < -0.4 is 5.73 Å². The van der Waals surface area contributed by atoms with Gasteiger partial charge in [-0.05, 0) is 18.4 Å². The Bertz CT molecular complexity index is 105. The summed E-state index contributed by atoms with van der Waals surface area (Å²) in [6.45, 7) is 5.24. The molecule has 0 aromatic carbocycles. The minimum absolute atomic E-state index is 0.259. The molecule has 0 amide bonds. The smallest absolute Gasteiger partial charge is 0.0795 e. The molecule has 1 fully saturated rings. The van der Waals surface area contributed by atoms with Crippen molar-refractivity contribution in [3.8, 4) is 0 Å². The van der Waals surface area contributed by atoms with Gasteiger partial charge in [-0.3, -0.25) is 0 Å². The topological polar surface area (TPSA) is 35.2 Å². The summed E-state index contributed by atoms with van der Waals surface area (Å²) in [5.41, 5.74) is 6.41. The average Bonchev–Trinajstić information content (AvgIpc) is 2.37. The van der Waals surface area contributed by atoms with E-state index in [0.717, 1.165) is 25.0 Å². The Balaban J connectivity index is 2.32. The number of ether oxygens (including phenoxy) is 1. The van der Waals surface area contributed by atoms with Gasteiger partial charge in [0.2, 0.25) is 0 Å². The largest absolute Gasteiger partial charge is 0.374 e. The van der Waals surface area contributed by atoms with Crippen molar-refractivity contribution in [3.05, 3.63) is 12.2 Å². The Kier molecular flexibility index (Phi) is 2.25. The highest BCUT2D eigenvalue weighted by Gasteiger charge is 2.16. The third-order valence-corrected chi connectivity index (χ3v) is 1.65. The molecule has 2 nitrogen and oxygen atoms in total. The van der Waals surface area contributed by atoms with Crippen molar-refractivity contribution in [1.29, 1.82) is 0 Å². The van der Waals surface area contributed by atoms with Gasteiger partial charge in [0.15, 0.2) is 0 Å². The molecule has 0 aliphatic carbocycles. The quantitative estimate of drug-likeness (QED) is 0.554. The van der Waals surface area contributed by atoms with Gasteiger partial charge in [-0.15, -0.1) is 0 Å². The van der Waals surface area contributed by atoms with Gasteiger partial charge >= 0.3 is 0 Å². The number of hydrogen-bond acceptors (Lipinski definition) is 2. The zero-order valence-electron chi connectivity index (χ0n) is 5.60. The van der Waals surface area contributed by atoms with Gasteiger partial charge in [-0.1, -0.05) is 6.58 Å². The normalized spacial score (nSPS) is 26.6. The highest BCUT2D eigenvalue weighted by atomic mass is 16.5. The first-order valence-corrected chi connectivity index (χ1v) is 3.34. The van der Waals surface area contributed by atoms with Gasteiger partial charge in [0.1, 0.15) is 0 Å². The van der Waals surface area contributed by atoms with Crippen LogP contribution in [0, 0.1) is 0 Å². The molecule has 1 aliphatic heterocycles. The van der Waals surface area contributed by atoms with Crippen LogP contribution in [0.1, 0.15) is 12.8 Å². The minimum atomic E-state index is 0.259. The molecule has 2 N–H and O–H groups in total. The van der Waals surface area contributed by atoms with Gasteiger partial charge in [0.25, 0.3) is 0 Å². The third kappa shape index (κ3) is 1.53. The highest BCUT2D eigenvalue weighted by Crippen LogP contribution is 2.17. The molecule has 0 bridgehead atoms. The van der Waals surface area contributed by atoms with Crippen molar-refractivity contribution in [2.75, 3.05) is 13.2 Å². The van der Waals surface area contributed by atoms with Crippen molar-refractivity contribution in [3.63, 3.8) is 0 Å². The summed E-state index contributed by atoms with van der Waals surface area (Å²) >= 11 is 0. The predicted molar refractivity (Wildman–Crippen MR) is 37.2 cm³/mol. The summed E-state index contributed by atoms with van der Waals surface area (Å²) in [4.78, 5) is 0. The fourth-order valence-electron chi connectivity index (χ4n) is 1.03. The molecule has 52 valence electrons. The molecule has 1 aliphatic rings. The van der Waals surface area contributed by atoms with E-state index >= 15 is 0 Å². The minimum Gasteiger partial charge on any atom is -0.374 e. The lowest BCUT2D eigenvalue weighted by atomic mass is 10.1. The zero-order chi connectivity index (χ0) is 6.69. The number of nitrogens with two attached hydrogens (primary N) is 1. The van der Waals surface area contributed by atoms with Crippen LogP contribution in [-0.2, 0) is 4.74 Å². The van der Waals surface area contributed by atoms with Crippen LogP contribution in [0.5, 0.6) is 0 Å². The lowest BCUT2D eigenvalue weighted by molar-refractivity contribution is 0.136. The van der Waals surface area contributed by atoms with Crippen LogP contribution in [0.25, 0.3) is 0 Å². The van der Waals surface area contributed by atoms with E-state index in [1.54, 1.807) is 0 Å². The first-order valence-electron chi connectivity index (χ1n) is 3.34. The Labute approximate surface area is 55.7 Å². The molecule has 0 aromatic rings. The van der Waals surface area contributed by atoms with E-state index in [1.165, 1.54) is 0 Å². The van der Waals surface area contributed by atoms with Crippen LogP contribution in [-0.4, -0.2) is 19.3 Å². The van der Waals surface area contributed by atoms with E-state index in [2.05, 4.69) is 6.58 Å². The fraction of sp³-hybridized carbons (Fsp3) is 0.714. The molecule has 0 radical (unpaired) electrons.